The minimum Gasteiger partial charge on any atom is -0.459 e. The number of fused-ring (bicyclic) bond motifs is 1. The molecule has 1 fully saturated rings. The second-order valence-electron chi connectivity index (χ2n) is 7.86. The second kappa shape index (κ2) is 7.62. The zero-order valence-electron chi connectivity index (χ0n) is 16.5. The monoisotopic (exact) mass is 409 g/mol. The Morgan fingerprint density at radius 3 is 2.61 bits per heavy atom. The van der Waals surface area contributed by atoms with Crippen LogP contribution in [0, 0.1) is 6.92 Å². The molecule has 1 aliphatic rings. The minimum absolute atomic E-state index is 0.0983. The summed E-state index contributed by atoms with van der Waals surface area (Å²) in [7, 11) is 0. The Labute approximate surface area is 165 Å². The third-order valence-electron chi connectivity index (χ3n) is 4.35. The van der Waals surface area contributed by atoms with E-state index >= 15 is 0 Å². The van der Waals surface area contributed by atoms with Crippen LogP contribution in [0.3, 0.4) is 0 Å². The van der Waals surface area contributed by atoms with Crippen molar-refractivity contribution in [3.63, 3.8) is 0 Å². The van der Waals surface area contributed by atoms with Crippen LogP contribution in [0.1, 0.15) is 50.1 Å². The Balaban J connectivity index is 2.00. The van der Waals surface area contributed by atoms with Crippen LogP contribution in [-0.4, -0.2) is 40.1 Å². The summed E-state index contributed by atoms with van der Waals surface area (Å²) in [6, 6.07) is -0.0983. The van der Waals surface area contributed by atoms with Gasteiger partial charge in [0, 0.05) is 12.3 Å². The highest BCUT2D eigenvalue weighted by molar-refractivity contribution is 7.20. The van der Waals surface area contributed by atoms with Crippen molar-refractivity contribution in [3.05, 3.63) is 31.3 Å². The van der Waals surface area contributed by atoms with E-state index in [2.05, 4.69) is 4.99 Å². The standard InChI is InChI=1S/C19H24FN3O4S/c1-11-13(9-21-10-14(24)27-19(2,3)4)28-17-15(11)16(25)23(12-5-6-12)18(26)22(17)8-7-20/h9,12H,5-8,10H2,1-4H3. The van der Waals surface area contributed by atoms with Gasteiger partial charge in [-0.25, -0.2) is 9.18 Å². The molecule has 0 saturated heterocycles. The maximum absolute atomic E-state index is 13.0. The lowest BCUT2D eigenvalue weighted by Gasteiger charge is -2.18. The Hall–Kier alpha value is -2.29. The molecule has 0 bridgehead atoms. The molecule has 9 heteroatoms. The van der Waals surface area contributed by atoms with Crippen molar-refractivity contribution in [1.29, 1.82) is 0 Å². The van der Waals surface area contributed by atoms with E-state index in [-0.39, 0.29) is 24.7 Å². The maximum atomic E-state index is 13.0. The van der Waals surface area contributed by atoms with Crippen LogP contribution < -0.4 is 11.2 Å². The van der Waals surface area contributed by atoms with Crippen LogP contribution in [0.25, 0.3) is 10.2 Å². The summed E-state index contributed by atoms with van der Waals surface area (Å²) >= 11 is 1.21. The predicted octanol–water partition coefficient (Wildman–Crippen LogP) is 2.60. The Kier molecular flexibility index (Phi) is 5.56. The van der Waals surface area contributed by atoms with Crippen molar-refractivity contribution in [3.8, 4) is 0 Å². The first kappa shape index (κ1) is 20.4. The fourth-order valence-electron chi connectivity index (χ4n) is 3.02. The molecule has 3 rings (SSSR count). The lowest BCUT2D eigenvalue weighted by Crippen LogP contribution is -2.39. The van der Waals surface area contributed by atoms with Crippen molar-refractivity contribution in [1.82, 2.24) is 9.13 Å². The number of rotatable bonds is 6. The number of aryl methyl sites for hydroxylation is 2. The molecular weight excluding hydrogens is 385 g/mol. The number of nitrogens with zero attached hydrogens (tertiary/aromatic N) is 3. The highest BCUT2D eigenvalue weighted by Crippen LogP contribution is 2.34. The van der Waals surface area contributed by atoms with Gasteiger partial charge in [0.15, 0.2) is 0 Å². The van der Waals surface area contributed by atoms with Crippen molar-refractivity contribution in [2.24, 2.45) is 4.99 Å². The average molecular weight is 409 g/mol. The Morgan fingerprint density at radius 1 is 1.36 bits per heavy atom. The van der Waals surface area contributed by atoms with E-state index in [1.165, 1.54) is 26.7 Å². The summed E-state index contributed by atoms with van der Waals surface area (Å²) in [5.41, 5.74) is -0.703. The summed E-state index contributed by atoms with van der Waals surface area (Å²) in [6.07, 6.45) is 3.07. The molecule has 152 valence electrons. The molecule has 2 aromatic rings. The number of aromatic nitrogens is 2. The molecule has 0 amide bonds. The molecule has 0 aromatic carbocycles. The van der Waals surface area contributed by atoms with E-state index < -0.39 is 23.9 Å². The first-order valence-electron chi connectivity index (χ1n) is 9.20. The summed E-state index contributed by atoms with van der Waals surface area (Å²) in [5, 5.41) is 0.420. The highest BCUT2D eigenvalue weighted by atomic mass is 32.1. The van der Waals surface area contributed by atoms with E-state index in [4.69, 9.17) is 4.74 Å². The highest BCUT2D eigenvalue weighted by Gasteiger charge is 2.30. The summed E-state index contributed by atoms with van der Waals surface area (Å²) in [5.74, 6) is -0.451. The lowest BCUT2D eigenvalue weighted by molar-refractivity contribution is -0.152. The number of alkyl halides is 1. The fourth-order valence-corrected chi connectivity index (χ4v) is 4.23. The molecule has 28 heavy (non-hydrogen) atoms. The third kappa shape index (κ3) is 4.09. The van der Waals surface area contributed by atoms with E-state index in [9.17, 15) is 18.8 Å². The molecule has 0 unspecified atom stereocenters. The average Bonchev–Trinajstić information content (AvgIpc) is 3.35. The topological polar surface area (TPSA) is 82.7 Å². The van der Waals surface area contributed by atoms with Gasteiger partial charge in [0.1, 0.15) is 23.7 Å². The van der Waals surface area contributed by atoms with Crippen molar-refractivity contribution in [2.45, 2.75) is 58.7 Å². The van der Waals surface area contributed by atoms with Gasteiger partial charge in [-0.2, -0.15) is 0 Å². The van der Waals surface area contributed by atoms with Crippen LogP contribution in [0.2, 0.25) is 0 Å². The molecule has 1 aliphatic carbocycles. The zero-order chi connectivity index (χ0) is 20.6. The van der Waals surface area contributed by atoms with Crippen molar-refractivity contribution in [2.75, 3.05) is 13.2 Å². The van der Waals surface area contributed by atoms with Crippen LogP contribution in [-0.2, 0) is 16.1 Å². The van der Waals surface area contributed by atoms with Gasteiger partial charge >= 0.3 is 11.7 Å². The molecule has 0 radical (unpaired) electrons. The predicted molar refractivity (Wildman–Crippen MR) is 108 cm³/mol. The van der Waals surface area contributed by atoms with E-state index in [1.807, 2.05) is 0 Å². The molecule has 7 nitrogen and oxygen atoms in total. The number of carbonyl (C=O) groups excluding carboxylic acids is 1. The number of esters is 1. The van der Waals surface area contributed by atoms with Gasteiger partial charge in [0.25, 0.3) is 5.56 Å². The van der Waals surface area contributed by atoms with Crippen LogP contribution in [0.5, 0.6) is 0 Å². The van der Waals surface area contributed by atoms with E-state index in [0.717, 1.165) is 12.8 Å². The largest absolute Gasteiger partial charge is 0.459 e. The molecular formula is C19H24FN3O4S. The number of ether oxygens (including phenoxy) is 1. The molecule has 2 aromatic heterocycles. The van der Waals surface area contributed by atoms with Gasteiger partial charge in [-0.05, 0) is 46.1 Å². The number of aliphatic imine (C=N–C) groups is 1. The smallest absolute Gasteiger partial charge is 0.332 e. The molecule has 2 heterocycles. The molecule has 0 spiro atoms. The van der Waals surface area contributed by atoms with E-state index in [0.29, 0.717) is 20.7 Å². The quantitative estimate of drug-likeness (QED) is 0.542. The lowest BCUT2D eigenvalue weighted by atomic mass is 10.2. The van der Waals surface area contributed by atoms with Gasteiger partial charge in [-0.1, -0.05) is 0 Å². The Morgan fingerprint density at radius 2 is 2.04 bits per heavy atom. The van der Waals surface area contributed by atoms with Gasteiger partial charge in [0.2, 0.25) is 0 Å². The molecule has 0 aliphatic heterocycles. The normalized spacial score (nSPS) is 14.9. The van der Waals surface area contributed by atoms with Crippen molar-refractivity contribution >= 4 is 33.7 Å². The number of thiophene rings is 1. The summed E-state index contributed by atoms with van der Waals surface area (Å²) in [6.45, 7) is 6.16. The van der Waals surface area contributed by atoms with Gasteiger partial charge < -0.3 is 4.74 Å². The van der Waals surface area contributed by atoms with Crippen LogP contribution in [0.15, 0.2) is 14.6 Å². The van der Waals surface area contributed by atoms with E-state index in [1.54, 1.807) is 27.7 Å². The number of hydrogen-bond donors (Lipinski definition) is 0. The van der Waals surface area contributed by atoms with Crippen molar-refractivity contribution < 1.29 is 13.9 Å². The second-order valence-corrected chi connectivity index (χ2v) is 8.89. The molecule has 0 atom stereocenters. The SMILES string of the molecule is Cc1c(C=NCC(=O)OC(C)(C)C)sc2c1c(=O)n(C1CC1)c(=O)n2CCF. The van der Waals surface area contributed by atoms with Gasteiger partial charge in [-0.3, -0.25) is 23.7 Å². The molecule has 1 saturated carbocycles. The van der Waals surface area contributed by atoms with Gasteiger partial charge in [-0.15, -0.1) is 11.3 Å². The Bertz CT molecular complexity index is 1050. The number of halogens is 1. The number of carbonyl (C=O) groups is 1. The fraction of sp³-hybridized carbons (Fsp3) is 0.579. The first-order valence-corrected chi connectivity index (χ1v) is 10.0. The first-order chi connectivity index (χ1) is 13.1. The maximum Gasteiger partial charge on any atom is 0.332 e. The zero-order valence-corrected chi connectivity index (χ0v) is 17.3. The molecule has 0 N–H and O–H groups in total. The third-order valence-corrected chi connectivity index (χ3v) is 5.60. The van der Waals surface area contributed by atoms with Crippen LogP contribution >= 0.6 is 11.3 Å². The van der Waals surface area contributed by atoms with Crippen LogP contribution in [0.4, 0.5) is 4.39 Å². The summed E-state index contributed by atoms with van der Waals surface area (Å²) in [4.78, 5) is 42.6. The number of hydrogen-bond acceptors (Lipinski definition) is 6. The minimum atomic E-state index is -0.698. The summed E-state index contributed by atoms with van der Waals surface area (Å²) < 4.78 is 20.8. The van der Waals surface area contributed by atoms with Gasteiger partial charge in [0.05, 0.1) is 16.8 Å².